The fourth-order valence-corrected chi connectivity index (χ4v) is 4.11. The monoisotopic (exact) mass is 393 g/mol. The number of carbonyl (C=O) groups is 1. The van der Waals surface area contributed by atoms with Crippen LogP contribution in [-0.4, -0.2) is 90.0 Å². The van der Waals surface area contributed by atoms with Gasteiger partial charge in [0.1, 0.15) is 0 Å². The third-order valence-electron chi connectivity index (χ3n) is 3.60. The molecule has 6 nitrogen and oxygen atoms in total. The molecule has 0 atom stereocenters. The summed E-state index contributed by atoms with van der Waals surface area (Å²) in [5.74, 6) is 6.82. The number of hydrogen-bond acceptors (Lipinski definition) is 6. The normalized spacial score (nSPS) is 18.0. The van der Waals surface area contributed by atoms with E-state index in [1.165, 1.54) is 0 Å². The van der Waals surface area contributed by atoms with Gasteiger partial charge in [-0.15, -0.1) is 0 Å². The second-order valence-electron chi connectivity index (χ2n) is 6.96. The summed E-state index contributed by atoms with van der Waals surface area (Å²) in [5, 5.41) is 1.03. The summed E-state index contributed by atoms with van der Waals surface area (Å²) in [6.07, 6.45) is 0.553. The number of nitrogens with zero attached hydrogens (tertiary/aromatic N) is 1. The van der Waals surface area contributed by atoms with Crippen molar-refractivity contribution in [2.75, 3.05) is 65.9 Å². The molecule has 0 aromatic rings. The second kappa shape index (κ2) is 12.2. The number of carbonyl (C=O) groups excluding carboxylic acids is 1. The Morgan fingerprint density at radius 3 is 2.26 bits per heavy atom. The number of ether oxygens (including phenoxy) is 4. The van der Waals surface area contributed by atoms with Crippen molar-refractivity contribution in [3.05, 3.63) is 0 Å². The van der Waals surface area contributed by atoms with Crippen molar-refractivity contribution in [3.63, 3.8) is 0 Å². The predicted molar refractivity (Wildman–Crippen MR) is 92.6 cm³/mol. The zero-order valence-corrected chi connectivity index (χ0v) is 17.1. The molecule has 0 aliphatic carbocycles. The van der Waals surface area contributed by atoms with Crippen LogP contribution in [0, 0.1) is 0 Å². The molecule has 1 aliphatic rings. The van der Waals surface area contributed by atoms with Gasteiger partial charge in [-0.1, -0.05) is 0 Å². The van der Waals surface area contributed by atoms with Crippen LogP contribution in [-0.2, 0) is 23.7 Å². The Morgan fingerprint density at radius 2 is 1.65 bits per heavy atom. The Balaban J connectivity index is 1.98. The summed E-state index contributed by atoms with van der Waals surface area (Å²) in [5.41, 5.74) is 0. The van der Waals surface area contributed by atoms with Gasteiger partial charge in [-0.25, -0.2) is 0 Å². The molecule has 0 aromatic heterocycles. The van der Waals surface area contributed by atoms with Gasteiger partial charge in [0.15, 0.2) is 0 Å². The van der Waals surface area contributed by atoms with Crippen LogP contribution in [0.1, 0.15) is 6.42 Å². The van der Waals surface area contributed by atoms with Crippen LogP contribution in [0.4, 0.5) is 0 Å². The molecular formula is C16H33GeNO5. The van der Waals surface area contributed by atoms with Crippen molar-refractivity contribution in [1.82, 2.24) is 4.90 Å². The summed E-state index contributed by atoms with van der Waals surface area (Å²) in [6.45, 7) is 6.92. The predicted octanol–water partition coefficient (Wildman–Crippen LogP) is 1.62. The van der Waals surface area contributed by atoms with Crippen molar-refractivity contribution in [2.45, 2.75) is 28.9 Å². The number of rotatable bonds is 9. The minimum atomic E-state index is -1.63. The molecule has 0 unspecified atom stereocenters. The third kappa shape index (κ3) is 12.9. The summed E-state index contributed by atoms with van der Waals surface area (Å²) < 4.78 is 21.6. The molecule has 7 heteroatoms. The molecule has 0 bridgehead atoms. The van der Waals surface area contributed by atoms with Gasteiger partial charge in [0, 0.05) is 0 Å². The number of hydrogen-bond donors (Lipinski definition) is 0. The molecule has 0 amide bonds. The Hall–Kier alpha value is -0.147. The molecule has 1 heterocycles. The van der Waals surface area contributed by atoms with Crippen LogP contribution in [0.2, 0.25) is 22.5 Å². The molecule has 0 saturated carbocycles. The molecule has 0 spiro atoms. The molecule has 1 fully saturated rings. The van der Waals surface area contributed by atoms with Crippen molar-refractivity contribution in [3.8, 4) is 0 Å². The van der Waals surface area contributed by atoms with Gasteiger partial charge >= 0.3 is 120 Å². The second-order valence-corrected chi connectivity index (χ2v) is 18.8. The standard InChI is InChI=1S/C16H33GeNO5/c1-17(2,3)5-4-16(19)23-15-14-22-11-8-18-6-9-20-12-13-21-10-7-18/h4-15H2,1-3H3. The van der Waals surface area contributed by atoms with Crippen LogP contribution >= 0.6 is 0 Å². The molecule has 1 aliphatic heterocycles. The van der Waals surface area contributed by atoms with E-state index in [0.29, 0.717) is 39.5 Å². The van der Waals surface area contributed by atoms with Gasteiger partial charge in [-0.05, 0) is 0 Å². The van der Waals surface area contributed by atoms with Crippen LogP contribution < -0.4 is 0 Å². The molecule has 0 radical (unpaired) electrons. The first-order valence-corrected chi connectivity index (χ1v) is 16.4. The van der Waals surface area contributed by atoms with E-state index in [4.69, 9.17) is 18.9 Å². The summed E-state index contributed by atoms with van der Waals surface area (Å²) in [6, 6.07) is 0. The van der Waals surface area contributed by atoms with Gasteiger partial charge in [0.05, 0.1) is 13.2 Å². The fraction of sp³-hybridized carbons (Fsp3) is 0.938. The molecule has 1 rings (SSSR count). The van der Waals surface area contributed by atoms with E-state index in [1.807, 2.05) is 0 Å². The molecule has 0 N–H and O–H groups in total. The molecule has 1 saturated heterocycles. The van der Waals surface area contributed by atoms with E-state index < -0.39 is 13.3 Å². The van der Waals surface area contributed by atoms with Crippen molar-refractivity contribution in [2.24, 2.45) is 0 Å². The molecule has 0 aromatic carbocycles. The van der Waals surface area contributed by atoms with Crippen LogP contribution in [0.15, 0.2) is 0 Å². The van der Waals surface area contributed by atoms with E-state index in [1.54, 1.807) is 0 Å². The van der Waals surface area contributed by atoms with Gasteiger partial charge in [0.2, 0.25) is 0 Å². The number of esters is 1. The van der Waals surface area contributed by atoms with Crippen molar-refractivity contribution >= 4 is 19.2 Å². The topological polar surface area (TPSA) is 57.2 Å². The van der Waals surface area contributed by atoms with E-state index in [9.17, 15) is 4.79 Å². The maximum absolute atomic E-state index is 11.6. The SMILES string of the molecule is [CH3][Ge]([CH3])([CH3])[CH2]CC(=O)OCCOCCN1CCOCCOCC1. The Bertz CT molecular complexity index is 312. The summed E-state index contributed by atoms with van der Waals surface area (Å²) >= 11 is -1.63. The minimum absolute atomic E-state index is 0.0940. The summed E-state index contributed by atoms with van der Waals surface area (Å²) in [4.78, 5) is 13.9. The van der Waals surface area contributed by atoms with E-state index in [2.05, 4.69) is 22.2 Å². The average molecular weight is 392 g/mol. The van der Waals surface area contributed by atoms with Gasteiger partial charge in [-0.3, -0.25) is 0 Å². The molecular weight excluding hydrogens is 359 g/mol. The van der Waals surface area contributed by atoms with E-state index in [-0.39, 0.29) is 5.97 Å². The third-order valence-corrected chi connectivity index (χ3v) is 7.27. The van der Waals surface area contributed by atoms with Crippen LogP contribution in [0.5, 0.6) is 0 Å². The average Bonchev–Trinajstić information content (AvgIpc) is 2.62. The molecule has 136 valence electrons. The van der Waals surface area contributed by atoms with E-state index in [0.717, 1.165) is 38.1 Å². The quantitative estimate of drug-likeness (QED) is 0.338. The van der Waals surface area contributed by atoms with Crippen molar-refractivity contribution in [1.29, 1.82) is 0 Å². The Kier molecular flexibility index (Phi) is 11.1. The zero-order valence-electron chi connectivity index (χ0n) is 15.0. The van der Waals surface area contributed by atoms with Crippen LogP contribution in [0.25, 0.3) is 0 Å². The van der Waals surface area contributed by atoms with Gasteiger partial charge in [0.25, 0.3) is 0 Å². The fourth-order valence-electron chi connectivity index (χ4n) is 2.10. The van der Waals surface area contributed by atoms with Gasteiger partial charge in [-0.2, -0.15) is 0 Å². The van der Waals surface area contributed by atoms with Crippen LogP contribution in [0.3, 0.4) is 0 Å². The Morgan fingerprint density at radius 1 is 1.00 bits per heavy atom. The Labute approximate surface area is 143 Å². The van der Waals surface area contributed by atoms with Gasteiger partial charge < -0.3 is 9.47 Å². The molecule has 23 heavy (non-hydrogen) atoms. The first-order chi connectivity index (χ1) is 11.0. The zero-order chi connectivity index (χ0) is 17.0. The first-order valence-electron chi connectivity index (χ1n) is 8.58. The first kappa shape index (κ1) is 20.9. The van der Waals surface area contributed by atoms with E-state index >= 15 is 0 Å². The maximum atomic E-state index is 11.6. The summed E-state index contributed by atoms with van der Waals surface area (Å²) in [7, 11) is 0. The van der Waals surface area contributed by atoms with Crippen molar-refractivity contribution < 1.29 is 23.7 Å².